The maximum Gasteiger partial charge on any atom is 0.123 e. The molecule has 4 heteroatoms. The van der Waals surface area contributed by atoms with E-state index in [9.17, 15) is 0 Å². The van der Waals surface area contributed by atoms with E-state index in [1.54, 1.807) is 0 Å². The van der Waals surface area contributed by atoms with Gasteiger partial charge >= 0.3 is 0 Å². The molecule has 0 atom stereocenters. The van der Waals surface area contributed by atoms with E-state index in [2.05, 4.69) is 37.7 Å². The van der Waals surface area contributed by atoms with Gasteiger partial charge in [0, 0.05) is 7.05 Å². The van der Waals surface area contributed by atoms with Gasteiger partial charge in [-0.05, 0) is 29.4 Å². The number of aryl methyl sites for hydroxylation is 1. The van der Waals surface area contributed by atoms with Crippen LogP contribution in [0.4, 0.5) is 0 Å². The highest BCUT2D eigenvalue weighted by Gasteiger charge is 2.09. The minimum atomic E-state index is 0.815. The van der Waals surface area contributed by atoms with Crippen molar-refractivity contribution in [2.24, 2.45) is 7.05 Å². The first-order valence-electron chi connectivity index (χ1n) is 4.05. The van der Waals surface area contributed by atoms with Crippen LogP contribution in [0.1, 0.15) is 18.4 Å². The third-order valence-electron chi connectivity index (χ3n) is 1.85. The topological polar surface area (TPSA) is 29.9 Å². The van der Waals surface area contributed by atoms with Gasteiger partial charge in [-0.3, -0.25) is 0 Å². The molecule has 1 rings (SSSR count). The van der Waals surface area contributed by atoms with E-state index in [4.69, 9.17) is 0 Å². The fraction of sp³-hybridized carbons (Fsp3) is 0.625. The first-order chi connectivity index (χ1) is 5.70. The molecule has 12 heavy (non-hydrogen) atoms. The summed E-state index contributed by atoms with van der Waals surface area (Å²) >= 11 is 3.50. The van der Waals surface area contributed by atoms with Crippen molar-refractivity contribution in [3.8, 4) is 0 Å². The molecule has 0 aromatic carbocycles. The standard InChI is InChI=1S/C8H14BrN3/c1-4-6-8(9)12(3)7(11-6)5-10-2/h10H,4-5H2,1-3H3. The summed E-state index contributed by atoms with van der Waals surface area (Å²) in [5.74, 6) is 1.07. The van der Waals surface area contributed by atoms with Crippen LogP contribution >= 0.6 is 15.9 Å². The number of hydrogen-bond acceptors (Lipinski definition) is 2. The van der Waals surface area contributed by atoms with E-state index in [1.165, 1.54) is 0 Å². The molecule has 0 aliphatic carbocycles. The van der Waals surface area contributed by atoms with Crippen molar-refractivity contribution in [2.75, 3.05) is 7.05 Å². The van der Waals surface area contributed by atoms with Crippen LogP contribution in [0.2, 0.25) is 0 Å². The average molecular weight is 232 g/mol. The summed E-state index contributed by atoms with van der Waals surface area (Å²) in [5.41, 5.74) is 1.13. The van der Waals surface area contributed by atoms with Gasteiger partial charge in [-0.25, -0.2) is 4.98 Å². The molecular weight excluding hydrogens is 218 g/mol. The van der Waals surface area contributed by atoms with Crippen LogP contribution in [0, 0.1) is 0 Å². The molecule has 0 saturated heterocycles. The maximum atomic E-state index is 4.47. The van der Waals surface area contributed by atoms with Crippen LogP contribution in [-0.4, -0.2) is 16.6 Å². The van der Waals surface area contributed by atoms with Crippen molar-refractivity contribution in [3.63, 3.8) is 0 Å². The van der Waals surface area contributed by atoms with Gasteiger partial charge in [0.1, 0.15) is 10.4 Å². The van der Waals surface area contributed by atoms with Crippen LogP contribution < -0.4 is 5.32 Å². The van der Waals surface area contributed by atoms with Crippen LogP contribution in [0.3, 0.4) is 0 Å². The lowest BCUT2D eigenvalue weighted by Crippen LogP contribution is -2.10. The van der Waals surface area contributed by atoms with Crippen molar-refractivity contribution >= 4 is 15.9 Å². The molecule has 1 aromatic rings. The zero-order valence-corrected chi connectivity index (χ0v) is 9.27. The average Bonchev–Trinajstić information content (AvgIpc) is 2.33. The van der Waals surface area contributed by atoms with Gasteiger partial charge in [0.15, 0.2) is 0 Å². The van der Waals surface area contributed by atoms with E-state index in [0.29, 0.717) is 0 Å². The Morgan fingerprint density at radius 3 is 2.67 bits per heavy atom. The molecule has 0 fully saturated rings. The van der Waals surface area contributed by atoms with Crippen molar-refractivity contribution in [2.45, 2.75) is 19.9 Å². The van der Waals surface area contributed by atoms with Crippen LogP contribution in [0.25, 0.3) is 0 Å². The molecule has 0 bridgehead atoms. The molecular formula is C8H14BrN3. The minimum absolute atomic E-state index is 0.815. The number of rotatable bonds is 3. The number of nitrogens with zero attached hydrogens (tertiary/aromatic N) is 2. The number of imidazole rings is 1. The molecule has 0 aliphatic heterocycles. The Morgan fingerprint density at radius 1 is 1.58 bits per heavy atom. The van der Waals surface area contributed by atoms with Crippen molar-refractivity contribution < 1.29 is 0 Å². The van der Waals surface area contributed by atoms with Crippen molar-refractivity contribution in [1.82, 2.24) is 14.9 Å². The largest absolute Gasteiger partial charge is 0.325 e. The Labute approximate surface area is 81.3 Å². The number of aromatic nitrogens is 2. The summed E-state index contributed by atoms with van der Waals surface area (Å²) in [6.07, 6.45) is 0.970. The Kier molecular flexibility index (Phi) is 3.29. The van der Waals surface area contributed by atoms with Gasteiger partial charge in [0.2, 0.25) is 0 Å². The van der Waals surface area contributed by atoms with Crippen LogP contribution in [-0.2, 0) is 20.0 Å². The summed E-state index contributed by atoms with van der Waals surface area (Å²) in [6, 6.07) is 0. The van der Waals surface area contributed by atoms with Gasteiger partial charge in [0.25, 0.3) is 0 Å². The van der Waals surface area contributed by atoms with Gasteiger partial charge in [0.05, 0.1) is 12.2 Å². The molecule has 1 N–H and O–H groups in total. The van der Waals surface area contributed by atoms with Crippen LogP contribution in [0.5, 0.6) is 0 Å². The summed E-state index contributed by atoms with van der Waals surface area (Å²) < 4.78 is 3.16. The quantitative estimate of drug-likeness (QED) is 0.855. The normalized spacial score (nSPS) is 10.7. The van der Waals surface area contributed by atoms with Gasteiger partial charge in [-0.1, -0.05) is 6.92 Å². The fourth-order valence-electron chi connectivity index (χ4n) is 1.12. The van der Waals surface area contributed by atoms with Gasteiger partial charge in [-0.2, -0.15) is 0 Å². The monoisotopic (exact) mass is 231 g/mol. The predicted octanol–water partition coefficient (Wildman–Crippen LogP) is 1.46. The van der Waals surface area contributed by atoms with Gasteiger partial charge in [-0.15, -0.1) is 0 Å². The zero-order chi connectivity index (χ0) is 9.14. The molecule has 0 saturated carbocycles. The maximum absolute atomic E-state index is 4.47. The smallest absolute Gasteiger partial charge is 0.123 e. The second-order valence-electron chi connectivity index (χ2n) is 2.71. The number of halogens is 1. The first kappa shape index (κ1) is 9.74. The second-order valence-corrected chi connectivity index (χ2v) is 3.46. The van der Waals surface area contributed by atoms with E-state index in [1.807, 2.05) is 14.1 Å². The van der Waals surface area contributed by atoms with E-state index in [-0.39, 0.29) is 0 Å². The number of hydrogen-bond donors (Lipinski definition) is 1. The molecule has 0 unspecified atom stereocenters. The van der Waals surface area contributed by atoms with Gasteiger partial charge < -0.3 is 9.88 Å². The number of nitrogens with one attached hydrogen (secondary N) is 1. The SMILES string of the molecule is CCc1nc(CNC)n(C)c1Br. The molecule has 0 amide bonds. The Morgan fingerprint density at radius 2 is 2.25 bits per heavy atom. The molecule has 1 heterocycles. The lowest BCUT2D eigenvalue weighted by molar-refractivity contribution is 0.703. The zero-order valence-electron chi connectivity index (χ0n) is 7.69. The van der Waals surface area contributed by atoms with E-state index in [0.717, 1.165) is 29.1 Å². The molecule has 68 valence electrons. The lowest BCUT2D eigenvalue weighted by atomic mass is 10.4. The highest BCUT2D eigenvalue weighted by Crippen LogP contribution is 2.17. The highest BCUT2D eigenvalue weighted by atomic mass is 79.9. The van der Waals surface area contributed by atoms with Crippen molar-refractivity contribution in [3.05, 3.63) is 16.1 Å². The molecule has 0 aliphatic rings. The minimum Gasteiger partial charge on any atom is -0.325 e. The summed E-state index contributed by atoms with van der Waals surface area (Å²) in [6.45, 7) is 2.92. The lowest BCUT2D eigenvalue weighted by Gasteiger charge is -1.99. The third kappa shape index (κ3) is 1.69. The fourth-order valence-corrected chi connectivity index (χ4v) is 1.70. The van der Waals surface area contributed by atoms with E-state index >= 15 is 0 Å². The van der Waals surface area contributed by atoms with Crippen LogP contribution in [0.15, 0.2) is 4.60 Å². The molecule has 0 radical (unpaired) electrons. The molecule has 0 spiro atoms. The Hall–Kier alpha value is -0.350. The van der Waals surface area contributed by atoms with Crippen molar-refractivity contribution in [1.29, 1.82) is 0 Å². The highest BCUT2D eigenvalue weighted by molar-refractivity contribution is 9.10. The first-order valence-corrected chi connectivity index (χ1v) is 4.84. The predicted molar refractivity (Wildman–Crippen MR) is 53.0 cm³/mol. The Bertz CT molecular complexity index is 268. The third-order valence-corrected chi connectivity index (χ3v) is 2.84. The summed E-state index contributed by atoms with van der Waals surface area (Å²) in [4.78, 5) is 4.47. The second kappa shape index (κ2) is 4.05. The summed E-state index contributed by atoms with van der Waals surface area (Å²) in [5, 5.41) is 3.09. The summed E-state index contributed by atoms with van der Waals surface area (Å²) in [7, 11) is 3.94. The molecule has 1 aromatic heterocycles. The molecule has 3 nitrogen and oxygen atoms in total. The Balaban J connectivity index is 2.98. The van der Waals surface area contributed by atoms with E-state index < -0.39 is 0 Å².